The fourth-order valence-electron chi connectivity index (χ4n) is 3.50. The van der Waals surface area contributed by atoms with Gasteiger partial charge < -0.3 is 10.2 Å². The largest absolute Gasteiger partial charge is 0.366 e. The van der Waals surface area contributed by atoms with Gasteiger partial charge in [-0.2, -0.15) is 0 Å². The Morgan fingerprint density at radius 2 is 1.96 bits per heavy atom. The molecule has 4 rings (SSSR count). The van der Waals surface area contributed by atoms with Gasteiger partial charge in [0.2, 0.25) is 0 Å². The van der Waals surface area contributed by atoms with Crippen LogP contribution >= 0.6 is 0 Å². The van der Waals surface area contributed by atoms with Gasteiger partial charge in [-0.05, 0) is 43.2 Å². The van der Waals surface area contributed by atoms with Crippen molar-refractivity contribution in [2.75, 3.05) is 10.2 Å². The van der Waals surface area contributed by atoms with Gasteiger partial charge in [0.05, 0.1) is 0 Å². The van der Waals surface area contributed by atoms with Crippen LogP contribution in [0.5, 0.6) is 0 Å². The second-order valence-corrected chi connectivity index (χ2v) is 6.73. The van der Waals surface area contributed by atoms with Crippen LogP contribution in [0.4, 0.5) is 15.9 Å². The van der Waals surface area contributed by atoms with Crippen molar-refractivity contribution in [1.29, 1.82) is 0 Å². The monoisotopic (exact) mass is 361 g/mol. The summed E-state index contributed by atoms with van der Waals surface area (Å²) < 4.78 is 13.8. The van der Waals surface area contributed by atoms with E-state index in [0.29, 0.717) is 23.5 Å². The molecule has 0 fully saturated rings. The SMILES string of the molecule is CC1Cc2ccccc2N1C(=O)c1ccnc(NCc2ccccc2F)c1. The Bertz CT molecular complexity index is 989. The first-order valence-corrected chi connectivity index (χ1v) is 8.98. The third-order valence-electron chi connectivity index (χ3n) is 4.85. The number of carbonyl (C=O) groups excluding carboxylic acids is 1. The van der Waals surface area contributed by atoms with Crippen molar-refractivity contribution in [2.45, 2.75) is 25.9 Å². The second-order valence-electron chi connectivity index (χ2n) is 6.73. The molecule has 2 aromatic carbocycles. The molecule has 1 amide bonds. The molecule has 4 nitrogen and oxygen atoms in total. The number of aromatic nitrogens is 1. The van der Waals surface area contributed by atoms with Crippen LogP contribution in [-0.4, -0.2) is 16.9 Å². The van der Waals surface area contributed by atoms with E-state index in [1.807, 2.05) is 23.1 Å². The predicted molar refractivity (Wildman–Crippen MR) is 104 cm³/mol. The van der Waals surface area contributed by atoms with E-state index in [0.717, 1.165) is 12.1 Å². The Hall–Kier alpha value is -3.21. The van der Waals surface area contributed by atoms with Crippen molar-refractivity contribution in [3.8, 4) is 0 Å². The van der Waals surface area contributed by atoms with Gasteiger partial charge in [0, 0.05) is 35.6 Å². The zero-order chi connectivity index (χ0) is 18.8. The first kappa shape index (κ1) is 17.2. The van der Waals surface area contributed by atoms with Crippen molar-refractivity contribution >= 4 is 17.4 Å². The van der Waals surface area contributed by atoms with Crippen molar-refractivity contribution in [2.24, 2.45) is 0 Å². The normalized spacial score (nSPS) is 15.5. The van der Waals surface area contributed by atoms with Crippen LogP contribution in [0.1, 0.15) is 28.4 Å². The summed E-state index contributed by atoms with van der Waals surface area (Å²) >= 11 is 0. The number of fused-ring (bicyclic) bond motifs is 1. The maximum Gasteiger partial charge on any atom is 0.258 e. The van der Waals surface area contributed by atoms with E-state index in [4.69, 9.17) is 0 Å². The van der Waals surface area contributed by atoms with Crippen molar-refractivity contribution in [3.05, 3.63) is 89.4 Å². The summed E-state index contributed by atoms with van der Waals surface area (Å²) in [6, 6.07) is 18.1. The summed E-state index contributed by atoms with van der Waals surface area (Å²) in [6.45, 7) is 2.36. The number of pyridine rings is 1. The van der Waals surface area contributed by atoms with E-state index < -0.39 is 0 Å². The van der Waals surface area contributed by atoms with Crippen LogP contribution < -0.4 is 10.2 Å². The Balaban J connectivity index is 1.54. The summed E-state index contributed by atoms with van der Waals surface area (Å²) in [5.41, 5.74) is 3.26. The summed E-state index contributed by atoms with van der Waals surface area (Å²) in [4.78, 5) is 19.2. The molecular formula is C22H20FN3O. The Morgan fingerprint density at radius 1 is 1.19 bits per heavy atom. The Morgan fingerprint density at radius 3 is 2.81 bits per heavy atom. The lowest BCUT2D eigenvalue weighted by molar-refractivity contribution is 0.0981. The third kappa shape index (κ3) is 3.40. The van der Waals surface area contributed by atoms with Crippen LogP contribution in [-0.2, 0) is 13.0 Å². The number of carbonyl (C=O) groups is 1. The second kappa shape index (κ2) is 7.19. The highest BCUT2D eigenvalue weighted by atomic mass is 19.1. The van der Waals surface area contributed by atoms with Crippen molar-refractivity contribution in [1.82, 2.24) is 4.98 Å². The molecule has 0 spiro atoms. The zero-order valence-electron chi connectivity index (χ0n) is 15.0. The average molecular weight is 361 g/mol. The Kier molecular flexibility index (Phi) is 4.59. The lowest BCUT2D eigenvalue weighted by Gasteiger charge is -2.23. The number of hydrogen-bond acceptors (Lipinski definition) is 3. The van der Waals surface area contributed by atoms with Gasteiger partial charge in [-0.3, -0.25) is 4.79 Å². The zero-order valence-corrected chi connectivity index (χ0v) is 15.0. The minimum atomic E-state index is -0.264. The van der Waals surface area contributed by atoms with Gasteiger partial charge in [-0.15, -0.1) is 0 Å². The molecule has 1 atom stereocenters. The number of halogens is 1. The van der Waals surface area contributed by atoms with Crippen molar-refractivity contribution in [3.63, 3.8) is 0 Å². The quantitative estimate of drug-likeness (QED) is 0.748. The first-order chi connectivity index (χ1) is 13.1. The number of amides is 1. The molecule has 0 radical (unpaired) electrons. The van der Waals surface area contributed by atoms with Gasteiger partial charge in [0.15, 0.2) is 0 Å². The summed E-state index contributed by atoms with van der Waals surface area (Å²) in [5, 5.41) is 3.10. The smallest absolute Gasteiger partial charge is 0.258 e. The molecule has 0 bridgehead atoms. The van der Waals surface area contributed by atoms with Gasteiger partial charge in [0.25, 0.3) is 5.91 Å². The molecule has 1 aliphatic heterocycles. The maximum atomic E-state index is 13.8. The lowest BCUT2D eigenvalue weighted by atomic mass is 10.1. The lowest BCUT2D eigenvalue weighted by Crippen LogP contribution is -2.35. The number of benzene rings is 2. The number of anilines is 2. The summed E-state index contributed by atoms with van der Waals surface area (Å²) in [5.74, 6) is 0.229. The highest BCUT2D eigenvalue weighted by Gasteiger charge is 2.31. The standard InChI is InChI=1S/C22H20FN3O/c1-15-12-16-6-3-5-9-20(16)26(15)22(27)17-10-11-24-21(13-17)25-14-18-7-2-4-8-19(18)23/h2-11,13,15H,12,14H2,1H3,(H,24,25). The van der Waals surface area contributed by atoms with E-state index in [2.05, 4.69) is 23.3 Å². The number of rotatable bonds is 4. The number of para-hydroxylation sites is 1. The molecule has 3 aromatic rings. The van der Waals surface area contributed by atoms with Crippen LogP contribution in [0, 0.1) is 5.82 Å². The van der Waals surface area contributed by atoms with E-state index >= 15 is 0 Å². The van der Waals surface area contributed by atoms with Gasteiger partial charge >= 0.3 is 0 Å². The molecule has 1 unspecified atom stereocenters. The van der Waals surface area contributed by atoms with E-state index in [-0.39, 0.29) is 17.8 Å². The molecule has 1 N–H and O–H groups in total. The average Bonchev–Trinajstić information content (AvgIpc) is 3.02. The molecular weight excluding hydrogens is 341 g/mol. The molecule has 1 aliphatic rings. The molecule has 136 valence electrons. The molecule has 0 saturated heterocycles. The maximum absolute atomic E-state index is 13.8. The highest BCUT2D eigenvalue weighted by molar-refractivity contribution is 6.08. The van der Waals surface area contributed by atoms with Crippen LogP contribution in [0.15, 0.2) is 66.9 Å². The van der Waals surface area contributed by atoms with Gasteiger partial charge in [-0.1, -0.05) is 36.4 Å². The highest BCUT2D eigenvalue weighted by Crippen LogP contribution is 2.33. The minimum absolute atomic E-state index is 0.0520. The molecule has 2 heterocycles. The fraction of sp³-hybridized carbons (Fsp3) is 0.182. The number of nitrogens with zero attached hydrogens (tertiary/aromatic N) is 2. The number of hydrogen-bond donors (Lipinski definition) is 1. The summed E-state index contributed by atoms with van der Waals surface area (Å²) in [7, 11) is 0. The minimum Gasteiger partial charge on any atom is -0.366 e. The molecule has 0 aliphatic carbocycles. The number of nitrogens with one attached hydrogen (secondary N) is 1. The fourth-order valence-corrected chi connectivity index (χ4v) is 3.50. The van der Waals surface area contributed by atoms with Gasteiger partial charge in [0.1, 0.15) is 11.6 Å². The van der Waals surface area contributed by atoms with E-state index in [1.54, 1.807) is 36.5 Å². The van der Waals surface area contributed by atoms with Gasteiger partial charge in [-0.25, -0.2) is 9.37 Å². The first-order valence-electron chi connectivity index (χ1n) is 8.98. The van der Waals surface area contributed by atoms with Crippen LogP contribution in [0.3, 0.4) is 0 Å². The van der Waals surface area contributed by atoms with E-state index in [9.17, 15) is 9.18 Å². The van der Waals surface area contributed by atoms with Crippen molar-refractivity contribution < 1.29 is 9.18 Å². The van der Waals surface area contributed by atoms with E-state index in [1.165, 1.54) is 11.6 Å². The van der Waals surface area contributed by atoms with Crippen LogP contribution in [0.25, 0.3) is 0 Å². The molecule has 1 aromatic heterocycles. The third-order valence-corrected chi connectivity index (χ3v) is 4.85. The molecule has 27 heavy (non-hydrogen) atoms. The predicted octanol–water partition coefficient (Wildman–Crippen LogP) is 4.42. The molecule has 0 saturated carbocycles. The molecule has 5 heteroatoms. The van der Waals surface area contributed by atoms with Crippen LogP contribution in [0.2, 0.25) is 0 Å². The topological polar surface area (TPSA) is 45.2 Å². The summed E-state index contributed by atoms with van der Waals surface area (Å²) in [6.07, 6.45) is 2.45. The Labute approximate surface area is 157 Å².